The van der Waals surface area contributed by atoms with Crippen LogP contribution in [0.3, 0.4) is 0 Å². The Bertz CT molecular complexity index is 732. The lowest BCUT2D eigenvalue weighted by Crippen LogP contribution is -2.21. The minimum Gasteiger partial charge on any atom is -0.462 e. The van der Waals surface area contributed by atoms with Crippen molar-refractivity contribution in [2.24, 2.45) is 5.73 Å². The summed E-state index contributed by atoms with van der Waals surface area (Å²) in [6.07, 6.45) is 1.56. The maximum Gasteiger partial charge on any atom is 0.343 e. The monoisotopic (exact) mass is 288 g/mol. The van der Waals surface area contributed by atoms with E-state index in [0.29, 0.717) is 11.9 Å². The summed E-state index contributed by atoms with van der Waals surface area (Å²) in [5.74, 6) is -0.585. The van der Waals surface area contributed by atoms with Crippen LogP contribution in [0.1, 0.15) is 42.7 Å². The molecule has 21 heavy (non-hydrogen) atoms. The number of hydrogen-bond donors (Lipinski definition) is 1. The van der Waals surface area contributed by atoms with Crippen LogP contribution in [0.2, 0.25) is 0 Å². The molecule has 0 aliphatic rings. The Morgan fingerprint density at radius 1 is 1.38 bits per heavy atom. The van der Waals surface area contributed by atoms with Gasteiger partial charge in [-0.15, -0.1) is 0 Å². The second-order valence-corrected chi connectivity index (χ2v) is 4.94. The Morgan fingerprint density at radius 3 is 2.67 bits per heavy atom. The van der Waals surface area contributed by atoms with Gasteiger partial charge in [0.25, 0.3) is 0 Å². The van der Waals surface area contributed by atoms with Crippen LogP contribution in [0.25, 0.3) is 10.9 Å². The fourth-order valence-corrected chi connectivity index (χ4v) is 2.31. The van der Waals surface area contributed by atoms with Gasteiger partial charge >= 0.3 is 5.97 Å². The summed E-state index contributed by atoms with van der Waals surface area (Å²) in [5, 5.41) is 0.497. The zero-order valence-electron chi connectivity index (χ0n) is 12.6. The first-order valence-corrected chi connectivity index (χ1v) is 7.09. The number of nitrogens with two attached hydrogens (primary N) is 1. The number of nitrogens with zero attached hydrogens (tertiary/aromatic N) is 1. The van der Waals surface area contributed by atoms with Crippen molar-refractivity contribution in [2.45, 2.75) is 33.4 Å². The van der Waals surface area contributed by atoms with Crippen LogP contribution >= 0.6 is 0 Å². The number of carbonyl (C=O) groups is 1. The van der Waals surface area contributed by atoms with Gasteiger partial charge in [-0.1, -0.05) is 6.07 Å². The standard InChI is InChI=1S/C16H20N2O3/c1-4-18-9-13(16(20)21-5-2)15(19)12-8-11(10(3)17)6-7-14(12)18/h6-10H,4-5,17H2,1-3H3. The molecule has 0 aliphatic heterocycles. The normalized spacial score (nSPS) is 12.4. The molecule has 1 aromatic heterocycles. The number of fused-ring (bicyclic) bond motifs is 1. The van der Waals surface area contributed by atoms with E-state index in [-0.39, 0.29) is 23.6 Å². The molecule has 2 aromatic rings. The Labute approximate surface area is 123 Å². The summed E-state index contributed by atoms with van der Waals surface area (Å²) in [5.41, 5.74) is 7.28. The topological polar surface area (TPSA) is 74.3 Å². The highest BCUT2D eigenvalue weighted by molar-refractivity contribution is 5.94. The molecule has 1 aromatic carbocycles. The number of pyridine rings is 1. The molecule has 1 heterocycles. The van der Waals surface area contributed by atoms with Crippen LogP contribution in [0, 0.1) is 0 Å². The molecule has 1 unspecified atom stereocenters. The van der Waals surface area contributed by atoms with Crippen molar-refractivity contribution in [2.75, 3.05) is 6.61 Å². The zero-order chi connectivity index (χ0) is 15.6. The van der Waals surface area contributed by atoms with E-state index < -0.39 is 5.97 Å². The number of esters is 1. The predicted octanol–water partition coefficient (Wildman–Crippen LogP) is 2.22. The summed E-state index contributed by atoms with van der Waals surface area (Å²) in [4.78, 5) is 24.5. The fraction of sp³-hybridized carbons (Fsp3) is 0.375. The summed E-state index contributed by atoms with van der Waals surface area (Å²) < 4.78 is 6.83. The van der Waals surface area contributed by atoms with Crippen LogP contribution < -0.4 is 11.2 Å². The van der Waals surface area contributed by atoms with Gasteiger partial charge in [0.1, 0.15) is 5.56 Å². The number of benzene rings is 1. The third kappa shape index (κ3) is 2.83. The van der Waals surface area contributed by atoms with Gasteiger partial charge in [-0.25, -0.2) is 4.79 Å². The smallest absolute Gasteiger partial charge is 0.343 e. The van der Waals surface area contributed by atoms with Crippen LogP contribution in [-0.2, 0) is 11.3 Å². The Morgan fingerprint density at radius 2 is 2.10 bits per heavy atom. The first kappa shape index (κ1) is 15.3. The summed E-state index contributed by atoms with van der Waals surface area (Å²) in [7, 11) is 0. The molecule has 5 nitrogen and oxygen atoms in total. The van der Waals surface area contributed by atoms with Gasteiger partial charge in [-0.05, 0) is 38.5 Å². The summed E-state index contributed by atoms with van der Waals surface area (Å²) >= 11 is 0. The maximum atomic E-state index is 12.5. The van der Waals surface area contributed by atoms with E-state index in [1.54, 1.807) is 19.2 Å². The van der Waals surface area contributed by atoms with E-state index >= 15 is 0 Å². The summed E-state index contributed by atoms with van der Waals surface area (Å²) in [6, 6.07) is 5.36. The van der Waals surface area contributed by atoms with E-state index in [1.165, 1.54) is 0 Å². The first-order chi connectivity index (χ1) is 9.99. The van der Waals surface area contributed by atoms with E-state index in [0.717, 1.165) is 11.1 Å². The SMILES string of the molecule is CCOC(=O)c1cn(CC)c2ccc(C(C)N)cc2c1=O. The number of aryl methyl sites for hydroxylation is 1. The lowest BCUT2D eigenvalue weighted by atomic mass is 10.0. The molecular weight excluding hydrogens is 268 g/mol. The van der Waals surface area contributed by atoms with Crippen molar-refractivity contribution in [1.29, 1.82) is 0 Å². The third-order valence-corrected chi connectivity index (χ3v) is 3.47. The van der Waals surface area contributed by atoms with Crippen molar-refractivity contribution in [1.82, 2.24) is 4.57 Å². The Balaban J connectivity index is 2.76. The van der Waals surface area contributed by atoms with Crippen molar-refractivity contribution in [3.8, 4) is 0 Å². The molecule has 0 bridgehead atoms. The Kier molecular flexibility index (Phi) is 4.43. The van der Waals surface area contributed by atoms with Crippen LogP contribution in [-0.4, -0.2) is 17.1 Å². The minimum atomic E-state index is -0.585. The molecular formula is C16H20N2O3. The van der Waals surface area contributed by atoms with Gasteiger partial charge in [0.2, 0.25) is 5.43 Å². The predicted molar refractivity (Wildman–Crippen MR) is 82.4 cm³/mol. The van der Waals surface area contributed by atoms with Crippen LogP contribution in [0.15, 0.2) is 29.2 Å². The van der Waals surface area contributed by atoms with Crippen LogP contribution in [0.4, 0.5) is 0 Å². The van der Waals surface area contributed by atoms with Gasteiger partial charge in [0.15, 0.2) is 0 Å². The molecule has 0 radical (unpaired) electrons. The van der Waals surface area contributed by atoms with Crippen molar-refractivity contribution < 1.29 is 9.53 Å². The van der Waals surface area contributed by atoms with E-state index in [1.807, 2.05) is 30.5 Å². The number of ether oxygens (including phenoxy) is 1. The second-order valence-electron chi connectivity index (χ2n) is 4.94. The molecule has 2 N–H and O–H groups in total. The zero-order valence-corrected chi connectivity index (χ0v) is 12.6. The molecule has 0 saturated heterocycles. The van der Waals surface area contributed by atoms with Crippen LogP contribution in [0.5, 0.6) is 0 Å². The second kappa shape index (κ2) is 6.10. The minimum absolute atomic E-state index is 0.0630. The first-order valence-electron chi connectivity index (χ1n) is 7.09. The largest absolute Gasteiger partial charge is 0.462 e. The van der Waals surface area contributed by atoms with Gasteiger partial charge in [0, 0.05) is 24.2 Å². The van der Waals surface area contributed by atoms with Gasteiger partial charge in [-0.2, -0.15) is 0 Å². The van der Waals surface area contributed by atoms with Gasteiger partial charge in [-0.3, -0.25) is 4.79 Å². The molecule has 0 aliphatic carbocycles. The highest BCUT2D eigenvalue weighted by atomic mass is 16.5. The number of hydrogen-bond acceptors (Lipinski definition) is 4. The van der Waals surface area contributed by atoms with E-state index in [4.69, 9.17) is 10.5 Å². The maximum absolute atomic E-state index is 12.5. The van der Waals surface area contributed by atoms with E-state index in [9.17, 15) is 9.59 Å². The van der Waals surface area contributed by atoms with Crippen molar-refractivity contribution >= 4 is 16.9 Å². The van der Waals surface area contributed by atoms with Gasteiger partial charge in [0.05, 0.1) is 12.1 Å². The third-order valence-electron chi connectivity index (χ3n) is 3.47. The number of rotatable bonds is 4. The average Bonchev–Trinajstić information content (AvgIpc) is 2.47. The molecule has 0 fully saturated rings. The fourth-order valence-electron chi connectivity index (χ4n) is 2.31. The van der Waals surface area contributed by atoms with Crippen molar-refractivity contribution in [3.63, 3.8) is 0 Å². The molecule has 112 valence electrons. The molecule has 2 rings (SSSR count). The summed E-state index contributed by atoms with van der Waals surface area (Å²) in [6.45, 7) is 6.42. The molecule has 0 saturated carbocycles. The lowest BCUT2D eigenvalue weighted by molar-refractivity contribution is 0.0524. The molecule has 5 heteroatoms. The molecule has 0 amide bonds. The lowest BCUT2D eigenvalue weighted by Gasteiger charge is -2.13. The van der Waals surface area contributed by atoms with Crippen molar-refractivity contribution in [3.05, 3.63) is 45.7 Å². The quantitative estimate of drug-likeness (QED) is 0.875. The average molecular weight is 288 g/mol. The number of aromatic nitrogens is 1. The highest BCUT2D eigenvalue weighted by Gasteiger charge is 2.16. The molecule has 0 spiro atoms. The Hall–Kier alpha value is -2.14. The molecule has 1 atom stereocenters. The van der Waals surface area contributed by atoms with E-state index in [2.05, 4.69) is 0 Å². The highest BCUT2D eigenvalue weighted by Crippen LogP contribution is 2.18. The number of carbonyl (C=O) groups excluding carboxylic acids is 1. The van der Waals surface area contributed by atoms with Gasteiger partial charge < -0.3 is 15.0 Å².